The Bertz CT molecular complexity index is 601. The number of amides is 1. The number of hydrogen-bond donors (Lipinski definition) is 0. The molecule has 1 amide bonds. The molecule has 1 saturated carbocycles. The highest BCUT2D eigenvalue weighted by atomic mass is 35.5. The predicted octanol–water partition coefficient (Wildman–Crippen LogP) is 4.84. The lowest BCUT2D eigenvalue weighted by Crippen LogP contribution is -2.38. The quantitative estimate of drug-likeness (QED) is 0.271. The van der Waals surface area contributed by atoms with Gasteiger partial charge in [-0.2, -0.15) is 0 Å². The molecule has 0 radical (unpaired) electrons. The van der Waals surface area contributed by atoms with Crippen molar-refractivity contribution >= 4 is 40.7 Å². The SMILES string of the molecule is CCSc1ccc(CC)c(N(CON=C2CC2)C(=O)C(Cl)CC)c1. The monoisotopic (exact) mass is 368 g/mol. The van der Waals surface area contributed by atoms with Gasteiger partial charge in [-0.15, -0.1) is 23.4 Å². The van der Waals surface area contributed by atoms with Gasteiger partial charge in [-0.25, -0.2) is 0 Å². The highest BCUT2D eigenvalue weighted by Crippen LogP contribution is 2.29. The van der Waals surface area contributed by atoms with Gasteiger partial charge in [-0.3, -0.25) is 9.69 Å². The standard InChI is InChI=1S/C18H25ClN2O2S/c1-4-13-7-10-15(24-6-3)11-17(13)21(18(22)16(19)5-2)12-23-20-14-8-9-14/h7,10-11,16H,4-6,8-9,12H2,1-3H3. The molecule has 1 unspecified atom stereocenters. The van der Waals surface area contributed by atoms with Crippen molar-refractivity contribution in [3.8, 4) is 0 Å². The van der Waals surface area contributed by atoms with Gasteiger partial charge in [0, 0.05) is 4.90 Å². The normalized spacial score (nSPS) is 14.2. The van der Waals surface area contributed by atoms with Crippen LogP contribution in [0.3, 0.4) is 0 Å². The summed E-state index contributed by atoms with van der Waals surface area (Å²) in [6.45, 7) is 6.20. The molecule has 1 aromatic rings. The summed E-state index contributed by atoms with van der Waals surface area (Å²) in [4.78, 5) is 20.9. The van der Waals surface area contributed by atoms with Gasteiger partial charge < -0.3 is 4.84 Å². The maximum absolute atomic E-state index is 12.8. The zero-order chi connectivity index (χ0) is 17.5. The molecular weight excluding hydrogens is 344 g/mol. The third-order valence-corrected chi connectivity index (χ3v) is 5.16. The van der Waals surface area contributed by atoms with Gasteiger partial charge >= 0.3 is 0 Å². The lowest BCUT2D eigenvalue weighted by Gasteiger charge is -2.26. The number of hydrogen-bond acceptors (Lipinski definition) is 4. The Morgan fingerprint density at radius 3 is 2.71 bits per heavy atom. The van der Waals surface area contributed by atoms with Crippen LogP contribution in [0, 0.1) is 0 Å². The summed E-state index contributed by atoms with van der Waals surface area (Å²) >= 11 is 7.97. The zero-order valence-corrected chi connectivity index (χ0v) is 16.1. The number of oxime groups is 1. The number of halogens is 1. The molecule has 0 aliphatic heterocycles. The van der Waals surface area contributed by atoms with E-state index < -0.39 is 5.38 Å². The topological polar surface area (TPSA) is 41.9 Å². The summed E-state index contributed by atoms with van der Waals surface area (Å²) in [5.41, 5.74) is 3.02. The van der Waals surface area contributed by atoms with E-state index in [1.54, 1.807) is 16.7 Å². The number of carbonyl (C=O) groups excluding carboxylic acids is 1. The molecule has 132 valence electrons. The van der Waals surface area contributed by atoms with Crippen molar-refractivity contribution in [2.75, 3.05) is 17.4 Å². The second kappa shape index (κ2) is 9.33. The maximum atomic E-state index is 12.8. The van der Waals surface area contributed by atoms with Crippen molar-refractivity contribution < 1.29 is 9.63 Å². The predicted molar refractivity (Wildman–Crippen MR) is 102 cm³/mol. The van der Waals surface area contributed by atoms with Crippen LogP contribution < -0.4 is 4.90 Å². The van der Waals surface area contributed by atoms with Crippen molar-refractivity contribution in [1.82, 2.24) is 0 Å². The molecule has 0 aromatic heterocycles. The van der Waals surface area contributed by atoms with Crippen molar-refractivity contribution in [1.29, 1.82) is 0 Å². The van der Waals surface area contributed by atoms with E-state index in [0.717, 1.165) is 46.9 Å². The average Bonchev–Trinajstić information content (AvgIpc) is 3.42. The van der Waals surface area contributed by atoms with Gasteiger partial charge in [-0.05, 0) is 49.1 Å². The third-order valence-electron chi connectivity index (χ3n) is 3.79. The lowest BCUT2D eigenvalue weighted by atomic mass is 10.1. The minimum atomic E-state index is -0.561. The minimum Gasteiger partial charge on any atom is -0.373 e. The van der Waals surface area contributed by atoms with E-state index in [1.807, 2.05) is 6.92 Å². The molecule has 0 saturated heterocycles. The number of rotatable bonds is 9. The van der Waals surface area contributed by atoms with E-state index in [1.165, 1.54) is 0 Å². The highest BCUT2D eigenvalue weighted by Gasteiger charge is 2.25. The molecule has 4 nitrogen and oxygen atoms in total. The summed E-state index contributed by atoms with van der Waals surface area (Å²) in [6.07, 6.45) is 3.40. The fourth-order valence-electron chi connectivity index (χ4n) is 2.27. The highest BCUT2D eigenvalue weighted by molar-refractivity contribution is 7.99. The van der Waals surface area contributed by atoms with Crippen LogP contribution in [0.4, 0.5) is 5.69 Å². The van der Waals surface area contributed by atoms with E-state index in [-0.39, 0.29) is 12.6 Å². The molecule has 0 N–H and O–H groups in total. The summed E-state index contributed by atoms with van der Waals surface area (Å²) in [7, 11) is 0. The van der Waals surface area contributed by atoms with E-state index in [9.17, 15) is 4.79 Å². The lowest BCUT2D eigenvalue weighted by molar-refractivity contribution is -0.119. The summed E-state index contributed by atoms with van der Waals surface area (Å²) < 4.78 is 0. The van der Waals surface area contributed by atoms with Gasteiger partial charge in [0.15, 0.2) is 6.73 Å². The molecule has 6 heteroatoms. The molecule has 1 aliphatic rings. The van der Waals surface area contributed by atoms with E-state index in [0.29, 0.717) is 6.42 Å². The Kier molecular flexibility index (Phi) is 7.43. The second-order valence-electron chi connectivity index (χ2n) is 5.63. The van der Waals surface area contributed by atoms with Crippen LogP contribution in [0.25, 0.3) is 0 Å². The van der Waals surface area contributed by atoms with E-state index >= 15 is 0 Å². The van der Waals surface area contributed by atoms with E-state index in [2.05, 4.69) is 37.2 Å². The van der Waals surface area contributed by atoms with Crippen molar-refractivity contribution in [3.05, 3.63) is 23.8 Å². The first-order valence-corrected chi connectivity index (χ1v) is 9.91. The largest absolute Gasteiger partial charge is 0.373 e. The molecule has 1 aliphatic carbocycles. The van der Waals surface area contributed by atoms with Gasteiger partial charge in [0.05, 0.1) is 11.4 Å². The van der Waals surface area contributed by atoms with Gasteiger partial charge in [0.1, 0.15) is 5.38 Å². The maximum Gasteiger partial charge on any atom is 0.247 e. The fourth-order valence-corrected chi connectivity index (χ4v) is 3.08. The Morgan fingerprint density at radius 2 is 2.12 bits per heavy atom. The molecular formula is C18H25ClN2O2S. The Balaban J connectivity index is 2.30. The van der Waals surface area contributed by atoms with Crippen LogP contribution >= 0.6 is 23.4 Å². The fraction of sp³-hybridized carbons (Fsp3) is 0.556. The molecule has 0 bridgehead atoms. The van der Waals surface area contributed by atoms with Crippen molar-refractivity contribution in [3.63, 3.8) is 0 Å². The summed E-state index contributed by atoms with van der Waals surface area (Å²) in [5, 5.41) is 3.50. The van der Waals surface area contributed by atoms with Crippen LogP contribution in [-0.4, -0.2) is 29.5 Å². The summed E-state index contributed by atoms with van der Waals surface area (Å²) in [5.74, 6) is 0.847. The average molecular weight is 369 g/mol. The van der Waals surface area contributed by atoms with Gasteiger partial charge in [-0.1, -0.05) is 32.0 Å². The summed E-state index contributed by atoms with van der Waals surface area (Å²) in [6, 6.07) is 6.23. The first kappa shape index (κ1) is 19.1. The second-order valence-corrected chi connectivity index (χ2v) is 7.50. The molecule has 1 atom stereocenters. The number of nitrogens with zero attached hydrogens (tertiary/aromatic N) is 2. The molecule has 2 rings (SSSR count). The molecule has 0 heterocycles. The van der Waals surface area contributed by atoms with Gasteiger partial charge in [0.25, 0.3) is 0 Å². The number of alkyl halides is 1. The van der Waals surface area contributed by atoms with Crippen LogP contribution in [0.1, 0.15) is 45.6 Å². The van der Waals surface area contributed by atoms with Crippen LogP contribution in [0.15, 0.2) is 28.3 Å². The van der Waals surface area contributed by atoms with Crippen molar-refractivity contribution in [2.45, 2.75) is 56.7 Å². The number of anilines is 1. The van der Waals surface area contributed by atoms with Crippen LogP contribution in [0.2, 0.25) is 0 Å². The Labute approximate surface area is 153 Å². The molecule has 1 fully saturated rings. The number of thioether (sulfide) groups is 1. The first-order chi connectivity index (χ1) is 11.6. The third kappa shape index (κ3) is 5.15. The Hall–Kier alpha value is -1.20. The molecule has 24 heavy (non-hydrogen) atoms. The Morgan fingerprint density at radius 1 is 1.38 bits per heavy atom. The van der Waals surface area contributed by atoms with Crippen LogP contribution in [-0.2, 0) is 16.1 Å². The first-order valence-electron chi connectivity index (χ1n) is 8.49. The van der Waals surface area contributed by atoms with Crippen molar-refractivity contribution in [2.24, 2.45) is 5.16 Å². The van der Waals surface area contributed by atoms with Gasteiger partial charge in [0.2, 0.25) is 5.91 Å². The molecule has 1 aromatic carbocycles. The zero-order valence-electron chi connectivity index (χ0n) is 14.5. The molecule has 0 spiro atoms. The number of carbonyl (C=O) groups is 1. The van der Waals surface area contributed by atoms with E-state index in [4.69, 9.17) is 16.4 Å². The number of benzene rings is 1. The number of aryl methyl sites for hydroxylation is 1. The minimum absolute atomic E-state index is 0.0960. The smallest absolute Gasteiger partial charge is 0.247 e. The van der Waals surface area contributed by atoms with Crippen LogP contribution in [0.5, 0.6) is 0 Å².